The van der Waals surface area contributed by atoms with Crippen molar-refractivity contribution < 1.29 is 14.4 Å². The average Bonchev–Trinajstić information content (AvgIpc) is 2.64. The van der Waals surface area contributed by atoms with Crippen LogP contribution in [0, 0.1) is 0 Å². The quantitative estimate of drug-likeness (QED) is 0.206. The molecule has 156 valence electrons. The largest absolute Gasteiger partial charge is 0.346 e. The zero-order valence-corrected chi connectivity index (χ0v) is 18.0. The number of nitrogens with one attached hydrogen (secondary N) is 1. The molecular formula is C22H40NO3P. The van der Waals surface area contributed by atoms with Gasteiger partial charge in [0.1, 0.15) is 5.78 Å². The Kier molecular flexibility index (Phi) is 13.8. The Morgan fingerprint density at radius 3 is 1.67 bits per heavy atom. The van der Waals surface area contributed by atoms with E-state index in [-0.39, 0.29) is 0 Å². The summed E-state index contributed by atoms with van der Waals surface area (Å²) in [4.78, 5) is 19.2. The molecule has 0 heterocycles. The summed E-state index contributed by atoms with van der Waals surface area (Å²) in [6.07, 6.45) is 16.9. The maximum atomic E-state index is 11.7. The van der Waals surface area contributed by atoms with Gasteiger partial charge in [0.15, 0.2) is 0 Å². The molecule has 27 heavy (non-hydrogen) atoms. The third kappa shape index (κ3) is 12.4. The molecule has 4 nitrogen and oxygen atoms in total. The second-order valence-electron chi connectivity index (χ2n) is 7.60. The SMILES string of the molecule is CCCCCCCCCCCCCCCNC(c1ccccc1)P(=O)(O)O. The van der Waals surface area contributed by atoms with Gasteiger partial charge in [-0.15, -0.1) is 0 Å². The van der Waals surface area contributed by atoms with E-state index in [2.05, 4.69) is 12.2 Å². The van der Waals surface area contributed by atoms with Crippen LogP contribution < -0.4 is 5.32 Å². The van der Waals surface area contributed by atoms with Crippen molar-refractivity contribution in [1.82, 2.24) is 5.32 Å². The number of hydrogen-bond acceptors (Lipinski definition) is 2. The summed E-state index contributed by atoms with van der Waals surface area (Å²) in [5, 5.41) is 3.05. The van der Waals surface area contributed by atoms with Crippen molar-refractivity contribution in [2.45, 2.75) is 96.2 Å². The molecule has 1 unspecified atom stereocenters. The fraction of sp³-hybridized carbons (Fsp3) is 0.727. The number of rotatable bonds is 17. The molecular weight excluding hydrogens is 357 g/mol. The second-order valence-corrected chi connectivity index (χ2v) is 9.29. The minimum absolute atomic E-state index is 0.641. The summed E-state index contributed by atoms with van der Waals surface area (Å²) in [7, 11) is -4.20. The highest BCUT2D eigenvalue weighted by atomic mass is 31.2. The summed E-state index contributed by atoms with van der Waals surface area (Å²) in [5.74, 6) is -0.893. The Morgan fingerprint density at radius 1 is 0.778 bits per heavy atom. The fourth-order valence-electron chi connectivity index (χ4n) is 3.45. The Labute approximate surface area is 166 Å². The Morgan fingerprint density at radius 2 is 1.22 bits per heavy atom. The number of unbranched alkanes of at least 4 members (excludes halogenated alkanes) is 12. The van der Waals surface area contributed by atoms with Crippen molar-refractivity contribution >= 4 is 7.60 Å². The molecule has 0 bridgehead atoms. The van der Waals surface area contributed by atoms with Gasteiger partial charge in [-0.2, -0.15) is 0 Å². The van der Waals surface area contributed by atoms with Gasteiger partial charge in [-0.3, -0.25) is 9.88 Å². The molecule has 0 fully saturated rings. The van der Waals surface area contributed by atoms with Crippen molar-refractivity contribution in [2.24, 2.45) is 0 Å². The lowest BCUT2D eigenvalue weighted by atomic mass is 10.0. The molecule has 1 aromatic rings. The molecule has 0 aliphatic heterocycles. The van der Waals surface area contributed by atoms with E-state index in [4.69, 9.17) is 0 Å². The van der Waals surface area contributed by atoms with Crippen LogP contribution in [0.25, 0.3) is 0 Å². The first-order valence-corrected chi connectivity index (χ1v) is 12.6. The smallest absolute Gasteiger partial charge is 0.323 e. The maximum Gasteiger partial charge on any atom is 0.346 e. The maximum absolute atomic E-state index is 11.7. The molecule has 1 aromatic carbocycles. The predicted octanol–water partition coefficient (Wildman–Crippen LogP) is 6.54. The minimum Gasteiger partial charge on any atom is -0.323 e. The van der Waals surface area contributed by atoms with Crippen LogP contribution in [0.5, 0.6) is 0 Å². The lowest BCUT2D eigenvalue weighted by molar-refractivity contribution is 0.347. The predicted molar refractivity (Wildman–Crippen MR) is 115 cm³/mol. The standard InChI is InChI=1S/C22H40NO3P/c1-2-3-4-5-6-7-8-9-10-11-12-13-17-20-23-22(27(24,25)26)21-18-15-14-16-19-21/h14-16,18-19,22-23H,2-13,17,20H2,1H3,(H2,24,25,26). The molecule has 0 aliphatic rings. The zero-order chi connectivity index (χ0) is 19.8. The second kappa shape index (κ2) is 15.3. The monoisotopic (exact) mass is 397 g/mol. The Bertz CT molecular complexity index is 504. The molecule has 3 N–H and O–H groups in total. The lowest BCUT2D eigenvalue weighted by Crippen LogP contribution is -2.22. The normalized spacial score (nSPS) is 13.0. The van der Waals surface area contributed by atoms with Gasteiger partial charge in [0.05, 0.1) is 0 Å². The van der Waals surface area contributed by atoms with Gasteiger partial charge in [0, 0.05) is 0 Å². The van der Waals surface area contributed by atoms with Crippen LogP contribution in [0.3, 0.4) is 0 Å². The molecule has 0 aliphatic carbocycles. The van der Waals surface area contributed by atoms with Crippen LogP contribution in [0.15, 0.2) is 30.3 Å². The van der Waals surface area contributed by atoms with Gasteiger partial charge in [0.2, 0.25) is 0 Å². The van der Waals surface area contributed by atoms with Crippen LogP contribution in [0.1, 0.15) is 102 Å². The molecule has 0 radical (unpaired) electrons. The van der Waals surface area contributed by atoms with Crippen molar-refractivity contribution in [3.63, 3.8) is 0 Å². The zero-order valence-electron chi connectivity index (χ0n) is 17.1. The average molecular weight is 398 g/mol. The van der Waals surface area contributed by atoms with E-state index < -0.39 is 13.4 Å². The van der Waals surface area contributed by atoms with Crippen LogP contribution in [0.4, 0.5) is 0 Å². The summed E-state index contributed by atoms with van der Waals surface area (Å²) >= 11 is 0. The van der Waals surface area contributed by atoms with Gasteiger partial charge in [-0.05, 0) is 18.5 Å². The van der Waals surface area contributed by atoms with Crippen molar-refractivity contribution in [3.05, 3.63) is 35.9 Å². The van der Waals surface area contributed by atoms with Crippen molar-refractivity contribution in [3.8, 4) is 0 Å². The minimum atomic E-state index is -4.20. The van der Waals surface area contributed by atoms with E-state index in [0.29, 0.717) is 12.1 Å². The molecule has 0 saturated carbocycles. The van der Waals surface area contributed by atoms with E-state index in [1.165, 1.54) is 70.6 Å². The molecule has 0 amide bonds. The first-order valence-electron chi connectivity index (χ1n) is 10.9. The van der Waals surface area contributed by atoms with Gasteiger partial charge in [0.25, 0.3) is 0 Å². The number of hydrogen-bond donors (Lipinski definition) is 3. The van der Waals surface area contributed by atoms with Crippen LogP contribution in [-0.2, 0) is 4.57 Å². The molecule has 0 aromatic heterocycles. The molecule has 1 atom stereocenters. The molecule has 1 rings (SSSR count). The van der Waals surface area contributed by atoms with Gasteiger partial charge < -0.3 is 9.79 Å². The number of benzene rings is 1. The topological polar surface area (TPSA) is 69.6 Å². The summed E-state index contributed by atoms with van der Waals surface area (Å²) < 4.78 is 11.7. The summed E-state index contributed by atoms with van der Waals surface area (Å²) in [6.45, 7) is 2.90. The van der Waals surface area contributed by atoms with Crippen LogP contribution in [-0.4, -0.2) is 16.3 Å². The third-order valence-corrected chi connectivity index (χ3v) is 6.22. The van der Waals surface area contributed by atoms with Gasteiger partial charge in [-0.25, -0.2) is 0 Å². The molecule has 5 heteroatoms. The lowest BCUT2D eigenvalue weighted by Gasteiger charge is -2.20. The fourth-order valence-corrected chi connectivity index (χ4v) is 4.38. The van der Waals surface area contributed by atoms with Crippen molar-refractivity contribution in [1.29, 1.82) is 0 Å². The summed E-state index contributed by atoms with van der Waals surface area (Å²) in [6, 6.07) is 9.00. The van der Waals surface area contributed by atoms with Crippen LogP contribution in [0.2, 0.25) is 0 Å². The first-order chi connectivity index (χ1) is 13.1. The van der Waals surface area contributed by atoms with E-state index in [0.717, 1.165) is 12.8 Å². The highest BCUT2D eigenvalue weighted by Gasteiger charge is 2.29. The van der Waals surface area contributed by atoms with E-state index in [1.807, 2.05) is 18.2 Å². The van der Waals surface area contributed by atoms with E-state index >= 15 is 0 Å². The third-order valence-electron chi connectivity index (χ3n) is 5.07. The van der Waals surface area contributed by atoms with Gasteiger partial charge in [-0.1, -0.05) is 114 Å². The highest BCUT2D eigenvalue weighted by molar-refractivity contribution is 7.52. The molecule has 0 saturated heterocycles. The van der Waals surface area contributed by atoms with Gasteiger partial charge >= 0.3 is 7.60 Å². The Hall–Kier alpha value is -0.670. The van der Waals surface area contributed by atoms with E-state index in [9.17, 15) is 14.4 Å². The highest BCUT2D eigenvalue weighted by Crippen LogP contribution is 2.49. The van der Waals surface area contributed by atoms with Crippen LogP contribution >= 0.6 is 7.60 Å². The van der Waals surface area contributed by atoms with Crippen molar-refractivity contribution in [2.75, 3.05) is 6.54 Å². The van der Waals surface area contributed by atoms with E-state index in [1.54, 1.807) is 12.1 Å². The molecule has 0 spiro atoms. The first kappa shape index (κ1) is 24.4. The Balaban J connectivity index is 2.01. The summed E-state index contributed by atoms with van der Waals surface area (Å²) in [5.41, 5.74) is 0.653.